The van der Waals surface area contributed by atoms with Crippen LogP contribution in [-0.4, -0.2) is 13.1 Å². The van der Waals surface area contributed by atoms with Crippen molar-refractivity contribution < 1.29 is 0 Å². The third-order valence-corrected chi connectivity index (χ3v) is 4.86. The monoisotopic (exact) mass is 369 g/mol. The van der Waals surface area contributed by atoms with E-state index >= 15 is 0 Å². The summed E-state index contributed by atoms with van der Waals surface area (Å²) >= 11 is 3.40. The Morgan fingerprint density at radius 1 is 0.913 bits per heavy atom. The van der Waals surface area contributed by atoms with Gasteiger partial charge in [-0.15, -0.1) is 0 Å². The van der Waals surface area contributed by atoms with Crippen molar-refractivity contribution in [3.8, 4) is 11.8 Å². The van der Waals surface area contributed by atoms with Crippen LogP contribution in [0.1, 0.15) is 29.5 Å². The van der Waals surface area contributed by atoms with Gasteiger partial charge in [0.05, 0.1) is 0 Å². The van der Waals surface area contributed by atoms with Crippen LogP contribution in [0.3, 0.4) is 0 Å². The molecule has 0 saturated carbocycles. The van der Waals surface area contributed by atoms with Gasteiger partial charge < -0.3 is 5.32 Å². The van der Waals surface area contributed by atoms with Crippen LogP contribution >= 0.6 is 15.9 Å². The van der Waals surface area contributed by atoms with Crippen molar-refractivity contribution >= 4 is 15.9 Å². The average Bonchev–Trinajstić information content (AvgIpc) is 2.58. The highest BCUT2D eigenvalue weighted by molar-refractivity contribution is 9.10. The molecule has 1 saturated heterocycles. The fourth-order valence-electron chi connectivity index (χ4n) is 2.41. The van der Waals surface area contributed by atoms with Crippen LogP contribution in [0.2, 0.25) is 0 Å². The van der Waals surface area contributed by atoms with Crippen LogP contribution in [-0.2, 0) is 0 Å². The zero-order valence-corrected chi connectivity index (χ0v) is 15.5. The van der Waals surface area contributed by atoms with Gasteiger partial charge in [0.25, 0.3) is 0 Å². The number of halogens is 1. The SMILES string of the molecule is Cc1ccccc1Br.Cc1ccccc1C#CC1CCNCC1. The fourth-order valence-corrected chi connectivity index (χ4v) is 2.69. The maximum atomic E-state index is 3.40. The maximum absolute atomic E-state index is 3.40. The molecule has 0 radical (unpaired) electrons. The molecule has 0 amide bonds. The molecule has 0 unspecified atom stereocenters. The second kappa shape index (κ2) is 9.55. The predicted molar refractivity (Wildman–Crippen MR) is 103 cm³/mol. The summed E-state index contributed by atoms with van der Waals surface area (Å²) in [4.78, 5) is 0. The van der Waals surface area contributed by atoms with Gasteiger partial charge in [0.1, 0.15) is 0 Å². The molecule has 0 spiro atoms. The van der Waals surface area contributed by atoms with Crippen molar-refractivity contribution in [1.29, 1.82) is 0 Å². The molecule has 2 heteroatoms. The highest BCUT2D eigenvalue weighted by Crippen LogP contribution is 2.13. The summed E-state index contributed by atoms with van der Waals surface area (Å²) in [5, 5.41) is 3.36. The molecule has 23 heavy (non-hydrogen) atoms. The first kappa shape index (κ1) is 17.8. The van der Waals surface area contributed by atoms with Crippen molar-refractivity contribution in [2.45, 2.75) is 26.7 Å². The molecule has 0 atom stereocenters. The lowest BCUT2D eigenvalue weighted by atomic mass is 9.98. The van der Waals surface area contributed by atoms with Crippen molar-refractivity contribution in [3.05, 3.63) is 69.7 Å². The molecule has 3 rings (SSSR count). The standard InChI is InChI=1S/C14H17N.C7H7Br/c1-12-4-2-3-5-14(12)7-6-13-8-10-15-11-9-13;1-6-4-2-3-5-7(6)8/h2-5,13,15H,8-11H2,1H3;2-5H,1H3. The minimum atomic E-state index is 0.589. The van der Waals surface area contributed by atoms with E-state index in [1.807, 2.05) is 18.2 Å². The van der Waals surface area contributed by atoms with E-state index in [2.05, 4.69) is 77.3 Å². The molecule has 1 nitrogen and oxygen atoms in total. The third kappa shape index (κ3) is 6.22. The summed E-state index contributed by atoms with van der Waals surface area (Å²) in [5.41, 5.74) is 3.74. The van der Waals surface area contributed by atoms with E-state index < -0.39 is 0 Å². The first-order chi connectivity index (χ1) is 11.2. The second-order valence-corrected chi connectivity index (χ2v) is 6.71. The highest BCUT2D eigenvalue weighted by atomic mass is 79.9. The smallest absolute Gasteiger partial charge is 0.0274 e. The molecule has 1 aliphatic heterocycles. The van der Waals surface area contributed by atoms with Gasteiger partial charge in [-0.3, -0.25) is 0 Å². The zero-order valence-electron chi connectivity index (χ0n) is 13.9. The molecule has 0 aromatic heterocycles. The van der Waals surface area contributed by atoms with E-state index in [1.54, 1.807) is 0 Å². The maximum Gasteiger partial charge on any atom is 0.0274 e. The van der Waals surface area contributed by atoms with E-state index in [-0.39, 0.29) is 0 Å². The first-order valence-electron chi connectivity index (χ1n) is 8.16. The van der Waals surface area contributed by atoms with Gasteiger partial charge >= 0.3 is 0 Å². The van der Waals surface area contributed by atoms with Crippen molar-refractivity contribution in [3.63, 3.8) is 0 Å². The third-order valence-electron chi connectivity index (χ3n) is 3.97. The van der Waals surface area contributed by atoms with E-state index in [0.29, 0.717) is 5.92 Å². The quantitative estimate of drug-likeness (QED) is 0.636. The summed E-state index contributed by atoms with van der Waals surface area (Å²) in [6.45, 7) is 6.43. The van der Waals surface area contributed by atoms with Gasteiger partial charge in [-0.1, -0.05) is 64.2 Å². The minimum Gasteiger partial charge on any atom is -0.317 e. The Hall–Kier alpha value is -1.56. The summed E-state index contributed by atoms with van der Waals surface area (Å²) in [7, 11) is 0. The molecular formula is C21H24BrN. The normalized spacial score (nSPS) is 14.2. The van der Waals surface area contributed by atoms with Gasteiger partial charge in [0, 0.05) is 16.0 Å². The first-order valence-corrected chi connectivity index (χ1v) is 8.95. The number of nitrogens with one attached hydrogen (secondary N) is 1. The van der Waals surface area contributed by atoms with Gasteiger partial charge in [0.2, 0.25) is 0 Å². The molecule has 0 aliphatic carbocycles. The topological polar surface area (TPSA) is 12.0 Å². The molecule has 0 bridgehead atoms. The average molecular weight is 370 g/mol. The molecule has 2 aromatic rings. The number of benzene rings is 2. The van der Waals surface area contributed by atoms with Crippen LogP contribution in [0.25, 0.3) is 0 Å². The number of aryl methyl sites for hydroxylation is 2. The van der Waals surface area contributed by atoms with Gasteiger partial charge in [-0.25, -0.2) is 0 Å². The van der Waals surface area contributed by atoms with Crippen LogP contribution in [0.4, 0.5) is 0 Å². The second-order valence-electron chi connectivity index (χ2n) is 5.86. The lowest BCUT2D eigenvalue weighted by Crippen LogP contribution is -2.26. The molecule has 120 valence electrons. The number of rotatable bonds is 0. The Balaban J connectivity index is 0.000000203. The highest BCUT2D eigenvalue weighted by Gasteiger charge is 2.09. The van der Waals surface area contributed by atoms with Crippen molar-refractivity contribution in [2.24, 2.45) is 5.92 Å². The van der Waals surface area contributed by atoms with Crippen LogP contribution in [0, 0.1) is 31.6 Å². The lowest BCUT2D eigenvalue weighted by molar-refractivity contribution is 0.447. The van der Waals surface area contributed by atoms with E-state index in [1.165, 1.54) is 34.0 Å². The van der Waals surface area contributed by atoms with Crippen molar-refractivity contribution in [1.82, 2.24) is 5.32 Å². The summed E-state index contributed by atoms with van der Waals surface area (Å²) in [6, 6.07) is 16.5. The van der Waals surface area contributed by atoms with E-state index in [0.717, 1.165) is 13.1 Å². The minimum absolute atomic E-state index is 0.589. The Bertz CT molecular complexity index is 654. The molecular weight excluding hydrogens is 346 g/mol. The van der Waals surface area contributed by atoms with Crippen LogP contribution in [0.15, 0.2) is 53.0 Å². The molecule has 2 aromatic carbocycles. The predicted octanol–water partition coefficient (Wildman–Crippen LogP) is 5.10. The summed E-state index contributed by atoms with van der Waals surface area (Å²) in [6.07, 6.45) is 2.39. The molecule has 1 heterocycles. The number of hydrogen-bond donors (Lipinski definition) is 1. The largest absolute Gasteiger partial charge is 0.317 e. The molecule has 1 fully saturated rings. The van der Waals surface area contributed by atoms with Gasteiger partial charge in [-0.05, 0) is 63.0 Å². The zero-order chi connectivity index (χ0) is 16.5. The van der Waals surface area contributed by atoms with Gasteiger partial charge in [0.15, 0.2) is 0 Å². The number of piperidine rings is 1. The Morgan fingerprint density at radius 3 is 2.09 bits per heavy atom. The van der Waals surface area contributed by atoms with Crippen molar-refractivity contribution in [2.75, 3.05) is 13.1 Å². The lowest BCUT2D eigenvalue weighted by Gasteiger charge is -2.17. The number of hydrogen-bond acceptors (Lipinski definition) is 1. The summed E-state index contributed by atoms with van der Waals surface area (Å²) < 4.78 is 1.18. The van der Waals surface area contributed by atoms with Crippen LogP contribution in [0.5, 0.6) is 0 Å². The van der Waals surface area contributed by atoms with E-state index in [4.69, 9.17) is 0 Å². The summed E-state index contributed by atoms with van der Waals surface area (Å²) in [5.74, 6) is 7.28. The Labute approximate surface area is 148 Å². The Morgan fingerprint density at radius 2 is 1.52 bits per heavy atom. The Kier molecular flexibility index (Phi) is 7.39. The molecule has 1 aliphatic rings. The fraction of sp³-hybridized carbons (Fsp3) is 0.333. The van der Waals surface area contributed by atoms with E-state index in [9.17, 15) is 0 Å². The van der Waals surface area contributed by atoms with Crippen LogP contribution < -0.4 is 5.32 Å². The molecule has 1 N–H and O–H groups in total. The van der Waals surface area contributed by atoms with Gasteiger partial charge in [-0.2, -0.15) is 0 Å².